The Balaban J connectivity index is 2.28. The zero-order valence-electron chi connectivity index (χ0n) is 13.0. The van der Waals surface area contributed by atoms with Gasteiger partial charge < -0.3 is 9.84 Å². The second kappa shape index (κ2) is 8.17. The third-order valence-electron chi connectivity index (χ3n) is 3.26. The highest BCUT2D eigenvalue weighted by molar-refractivity contribution is 9.10. The minimum Gasteiger partial charge on any atom is -0.503 e. The average Bonchev–Trinajstić information content (AvgIpc) is 2.77. The summed E-state index contributed by atoms with van der Waals surface area (Å²) < 4.78 is 6.53. The smallest absolute Gasteiger partial charge is 0.266 e. The number of aromatic hydroxyl groups is 1. The van der Waals surface area contributed by atoms with Crippen molar-refractivity contribution in [2.24, 2.45) is 0 Å². The summed E-state index contributed by atoms with van der Waals surface area (Å²) in [6.45, 7) is 5.03. The van der Waals surface area contributed by atoms with Crippen LogP contribution in [0.4, 0.5) is 0 Å². The lowest BCUT2D eigenvalue weighted by atomic mass is 10.2. The highest BCUT2D eigenvalue weighted by Crippen LogP contribution is 2.38. The van der Waals surface area contributed by atoms with Gasteiger partial charge in [0.1, 0.15) is 4.32 Å². The Bertz CT molecular complexity index is 661. The van der Waals surface area contributed by atoms with Crippen LogP contribution in [0.3, 0.4) is 0 Å². The van der Waals surface area contributed by atoms with Crippen LogP contribution in [0, 0.1) is 0 Å². The summed E-state index contributed by atoms with van der Waals surface area (Å²) in [7, 11) is 0. The third-order valence-corrected chi connectivity index (χ3v) is 5.24. The second-order valence-corrected chi connectivity index (χ2v) is 7.50. The summed E-state index contributed by atoms with van der Waals surface area (Å²) in [5.41, 5.74) is 0.772. The number of hydrogen-bond donors (Lipinski definition) is 1. The average molecular weight is 416 g/mol. The number of carbonyl (C=O) groups excluding carboxylic acids is 1. The van der Waals surface area contributed by atoms with Gasteiger partial charge in [0.15, 0.2) is 11.5 Å². The molecule has 1 aromatic carbocycles. The molecule has 0 unspecified atom stereocenters. The number of nitrogens with zero attached hydrogens (tertiary/aromatic N) is 1. The summed E-state index contributed by atoms with van der Waals surface area (Å²) in [4.78, 5) is 14.7. The van der Waals surface area contributed by atoms with Gasteiger partial charge in [-0.25, -0.2) is 0 Å². The van der Waals surface area contributed by atoms with E-state index in [2.05, 4.69) is 22.9 Å². The van der Waals surface area contributed by atoms with Crippen LogP contribution in [0.5, 0.6) is 11.5 Å². The fourth-order valence-corrected chi connectivity index (χ4v) is 3.87. The molecule has 124 valence electrons. The molecule has 0 atom stereocenters. The maximum Gasteiger partial charge on any atom is 0.266 e. The number of phenols is 1. The van der Waals surface area contributed by atoms with Crippen LogP contribution in [0.1, 0.15) is 32.3 Å². The summed E-state index contributed by atoms with van der Waals surface area (Å²) >= 11 is 9.90. The van der Waals surface area contributed by atoms with E-state index in [1.54, 1.807) is 23.1 Å². The van der Waals surface area contributed by atoms with E-state index < -0.39 is 0 Å². The van der Waals surface area contributed by atoms with E-state index in [9.17, 15) is 9.90 Å². The molecule has 1 heterocycles. The zero-order chi connectivity index (χ0) is 17.0. The predicted octanol–water partition coefficient (Wildman–Crippen LogP) is 4.55. The van der Waals surface area contributed by atoms with Crippen LogP contribution < -0.4 is 4.74 Å². The van der Waals surface area contributed by atoms with Crippen molar-refractivity contribution in [2.75, 3.05) is 13.2 Å². The molecule has 1 saturated heterocycles. The Morgan fingerprint density at radius 2 is 2.17 bits per heavy atom. The number of hydrogen-bond acceptors (Lipinski definition) is 5. The topological polar surface area (TPSA) is 49.8 Å². The van der Waals surface area contributed by atoms with Crippen LogP contribution in [0.25, 0.3) is 6.08 Å². The van der Waals surface area contributed by atoms with Gasteiger partial charge in [0.05, 0.1) is 16.0 Å². The van der Waals surface area contributed by atoms with Gasteiger partial charge in [0, 0.05) is 6.54 Å². The predicted molar refractivity (Wildman–Crippen MR) is 102 cm³/mol. The lowest BCUT2D eigenvalue weighted by Crippen LogP contribution is -2.28. The van der Waals surface area contributed by atoms with Crippen molar-refractivity contribution in [1.82, 2.24) is 4.90 Å². The van der Waals surface area contributed by atoms with Crippen molar-refractivity contribution in [3.8, 4) is 11.5 Å². The number of rotatable bonds is 6. The number of benzene rings is 1. The molecular weight excluding hydrogens is 398 g/mol. The number of thioether (sulfide) groups is 1. The summed E-state index contributed by atoms with van der Waals surface area (Å²) in [5, 5.41) is 9.95. The Kier molecular flexibility index (Phi) is 6.50. The maximum atomic E-state index is 12.4. The first-order valence-electron chi connectivity index (χ1n) is 7.38. The third kappa shape index (κ3) is 4.28. The Morgan fingerprint density at radius 1 is 1.43 bits per heavy atom. The molecule has 2 rings (SSSR count). The summed E-state index contributed by atoms with van der Waals surface area (Å²) in [6, 6.07) is 3.46. The van der Waals surface area contributed by atoms with Gasteiger partial charge in [-0.05, 0) is 53.0 Å². The van der Waals surface area contributed by atoms with E-state index in [4.69, 9.17) is 17.0 Å². The van der Waals surface area contributed by atoms with E-state index in [-0.39, 0.29) is 11.7 Å². The van der Waals surface area contributed by atoms with Gasteiger partial charge in [-0.1, -0.05) is 37.3 Å². The van der Waals surface area contributed by atoms with Gasteiger partial charge in [0.2, 0.25) is 0 Å². The Morgan fingerprint density at radius 3 is 2.83 bits per heavy atom. The van der Waals surface area contributed by atoms with E-state index >= 15 is 0 Å². The number of carbonyl (C=O) groups is 1. The first-order valence-corrected chi connectivity index (χ1v) is 9.40. The van der Waals surface area contributed by atoms with Crippen LogP contribution in [0.15, 0.2) is 21.5 Å². The number of unbranched alkanes of at least 4 members (excludes halogenated alkanes) is 1. The highest BCUT2D eigenvalue weighted by atomic mass is 79.9. The lowest BCUT2D eigenvalue weighted by molar-refractivity contribution is -0.122. The standard InChI is InChI=1S/C16H18BrNO3S2/c1-3-5-6-18-15(20)13(23-16(18)22)9-10-7-11(17)14(19)12(8-10)21-4-2/h7-9,19H,3-6H2,1-2H3. The number of halogens is 1. The highest BCUT2D eigenvalue weighted by Gasteiger charge is 2.31. The van der Waals surface area contributed by atoms with Crippen LogP contribution in [0.2, 0.25) is 0 Å². The van der Waals surface area contributed by atoms with Crippen LogP contribution >= 0.6 is 39.9 Å². The number of amides is 1. The molecule has 1 amide bonds. The molecule has 0 bridgehead atoms. The maximum absolute atomic E-state index is 12.4. The van der Waals surface area contributed by atoms with Crippen molar-refractivity contribution in [2.45, 2.75) is 26.7 Å². The zero-order valence-corrected chi connectivity index (χ0v) is 16.2. The largest absolute Gasteiger partial charge is 0.503 e. The molecule has 7 heteroatoms. The lowest BCUT2D eigenvalue weighted by Gasteiger charge is -2.13. The summed E-state index contributed by atoms with van der Waals surface area (Å²) in [5.74, 6) is 0.379. The molecule has 0 spiro atoms. The first-order chi connectivity index (χ1) is 11.0. The molecule has 1 aromatic rings. The number of thiocarbonyl (C=S) groups is 1. The van der Waals surface area contributed by atoms with Crippen molar-refractivity contribution in [3.63, 3.8) is 0 Å². The number of phenolic OH excluding ortho intramolecular Hbond substituents is 1. The molecule has 0 aromatic heterocycles. The Hall–Kier alpha value is -1.05. The monoisotopic (exact) mass is 415 g/mol. The fourth-order valence-electron chi connectivity index (χ4n) is 2.10. The molecule has 1 fully saturated rings. The summed E-state index contributed by atoms with van der Waals surface area (Å²) in [6.07, 6.45) is 3.72. The Labute approximate surface area is 154 Å². The number of ether oxygens (including phenoxy) is 1. The molecule has 23 heavy (non-hydrogen) atoms. The van der Waals surface area contributed by atoms with Crippen LogP contribution in [-0.2, 0) is 4.79 Å². The molecule has 0 saturated carbocycles. The SMILES string of the molecule is CCCCN1C(=O)C(=Cc2cc(Br)c(O)c(OCC)c2)SC1=S. The molecule has 0 radical (unpaired) electrons. The molecule has 1 N–H and O–H groups in total. The van der Waals surface area contributed by atoms with Gasteiger partial charge in [-0.3, -0.25) is 9.69 Å². The quantitative estimate of drug-likeness (QED) is 0.545. The molecular formula is C16H18BrNO3S2. The van der Waals surface area contributed by atoms with Crippen LogP contribution in [-0.4, -0.2) is 33.4 Å². The van der Waals surface area contributed by atoms with Gasteiger partial charge in [0.25, 0.3) is 5.91 Å². The van der Waals surface area contributed by atoms with E-state index in [1.165, 1.54) is 11.8 Å². The van der Waals surface area contributed by atoms with E-state index in [0.717, 1.165) is 18.4 Å². The molecule has 1 aliphatic heterocycles. The molecule has 1 aliphatic rings. The molecule has 4 nitrogen and oxygen atoms in total. The van der Waals surface area contributed by atoms with Crippen molar-refractivity contribution >= 4 is 56.2 Å². The van der Waals surface area contributed by atoms with Crippen molar-refractivity contribution in [3.05, 3.63) is 27.1 Å². The molecule has 0 aliphatic carbocycles. The van der Waals surface area contributed by atoms with Gasteiger partial charge in [-0.15, -0.1) is 0 Å². The van der Waals surface area contributed by atoms with Gasteiger partial charge in [-0.2, -0.15) is 0 Å². The fraction of sp³-hybridized carbons (Fsp3) is 0.375. The van der Waals surface area contributed by atoms with E-state index in [1.807, 2.05) is 6.92 Å². The first kappa shape index (κ1) is 18.3. The minimum absolute atomic E-state index is 0.0551. The van der Waals surface area contributed by atoms with Crippen molar-refractivity contribution in [1.29, 1.82) is 0 Å². The van der Waals surface area contributed by atoms with Gasteiger partial charge >= 0.3 is 0 Å². The normalized spacial score (nSPS) is 16.5. The van der Waals surface area contributed by atoms with Crippen molar-refractivity contribution < 1.29 is 14.6 Å². The van der Waals surface area contributed by atoms with E-state index in [0.29, 0.717) is 32.6 Å². The second-order valence-electron chi connectivity index (χ2n) is 4.97. The minimum atomic E-state index is -0.0596.